The van der Waals surface area contributed by atoms with Crippen LogP contribution in [0.15, 0.2) is 48.5 Å². The molecule has 33 heavy (non-hydrogen) atoms. The molecule has 172 valence electrons. The highest BCUT2D eigenvalue weighted by atomic mass is 16.7. The summed E-state index contributed by atoms with van der Waals surface area (Å²) in [7, 11) is 3.25. The Labute approximate surface area is 192 Å². The Hall–Kier alpha value is -3.49. The first kappa shape index (κ1) is 22.7. The number of carbonyl (C=O) groups excluding carboxylic acids is 3. The second kappa shape index (κ2) is 9.56. The molecule has 4 amide bonds. The number of amides is 4. The molecule has 0 aliphatic carbocycles. The van der Waals surface area contributed by atoms with E-state index in [1.165, 1.54) is 12.0 Å². The van der Waals surface area contributed by atoms with E-state index in [-0.39, 0.29) is 24.4 Å². The van der Waals surface area contributed by atoms with Gasteiger partial charge in [-0.15, -0.1) is 0 Å². The molecule has 0 saturated carbocycles. The summed E-state index contributed by atoms with van der Waals surface area (Å²) in [6, 6.07) is 15.2. The van der Waals surface area contributed by atoms with Crippen LogP contribution in [0.4, 0.5) is 4.79 Å². The van der Waals surface area contributed by atoms with Crippen molar-refractivity contribution in [1.29, 1.82) is 0 Å². The van der Waals surface area contributed by atoms with Crippen molar-refractivity contribution >= 4 is 39.4 Å². The lowest BCUT2D eigenvalue weighted by Gasteiger charge is -2.29. The lowest BCUT2D eigenvalue weighted by atomic mass is 9.90. The minimum absolute atomic E-state index is 0.160. The molecule has 4 rings (SSSR count). The zero-order valence-corrected chi connectivity index (χ0v) is 19.1. The summed E-state index contributed by atoms with van der Waals surface area (Å²) < 4.78 is 0. The smallest absolute Gasteiger partial charge is 0.317 e. The molecule has 1 heterocycles. The van der Waals surface area contributed by atoms with Crippen LogP contribution in [0.5, 0.6) is 0 Å². The van der Waals surface area contributed by atoms with Crippen molar-refractivity contribution in [1.82, 2.24) is 20.2 Å². The van der Waals surface area contributed by atoms with Crippen LogP contribution in [0, 0.1) is 0 Å². The van der Waals surface area contributed by atoms with Crippen LogP contribution >= 0.6 is 0 Å². The van der Waals surface area contributed by atoms with E-state index in [0.717, 1.165) is 16.2 Å². The molecule has 0 spiro atoms. The summed E-state index contributed by atoms with van der Waals surface area (Å²) in [5.41, 5.74) is 1.07. The van der Waals surface area contributed by atoms with Gasteiger partial charge in [-0.1, -0.05) is 36.4 Å². The van der Waals surface area contributed by atoms with E-state index in [4.69, 9.17) is 4.84 Å². The van der Waals surface area contributed by atoms with E-state index >= 15 is 0 Å². The largest absolute Gasteiger partial charge is 0.337 e. The van der Waals surface area contributed by atoms with Gasteiger partial charge in [-0.05, 0) is 35.2 Å². The highest BCUT2D eigenvalue weighted by molar-refractivity contribution is 6.29. The van der Waals surface area contributed by atoms with Gasteiger partial charge in [0.1, 0.15) is 0 Å². The zero-order valence-electron chi connectivity index (χ0n) is 19.1. The first-order valence-electron chi connectivity index (χ1n) is 11.0. The minimum Gasteiger partial charge on any atom is -0.337 e. The SMILES string of the molecule is CCN(C)C(=O)NCCN(CCN1C(=O)c2cccc3c2c(cc2ccccc23)C1=O)OC. The van der Waals surface area contributed by atoms with Gasteiger partial charge in [-0.3, -0.25) is 14.5 Å². The Kier molecular flexibility index (Phi) is 6.57. The molecule has 0 saturated heterocycles. The Morgan fingerprint density at radius 3 is 2.48 bits per heavy atom. The highest BCUT2D eigenvalue weighted by Crippen LogP contribution is 2.35. The Balaban J connectivity index is 1.51. The molecule has 0 aromatic heterocycles. The molecule has 8 heteroatoms. The van der Waals surface area contributed by atoms with Crippen LogP contribution in [0.25, 0.3) is 21.5 Å². The van der Waals surface area contributed by atoms with Gasteiger partial charge in [0.25, 0.3) is 11.8 Å². The molecule has 0 fully saturated rings. The van der Waals surface area contributed by atoms with E-state index in [0.29, 0.717) is 42.7 Å². The summed E-state index contributed by atoms with van der Waals surface area (Å²) in [5.74, 6) is -0.606. The van der Waals surface area contributed by atoms with Gasteiger partial charge in [0.15, 0.2) is 0 Å². The zero-order chi connectivity index (χ0) is 23.5. The fourth-order valence-electron chi connectivity index (χ4n) is 4.17. The number of nitrogens with zero attached hydrogens (tertiary/aromatic N) is 3. The first-order chi connectivity index (χ1) is 16.0. The van der Waals surface area contributed by atoms with Gasteiger partial charge in [-0.2, -0.15) is 5.06 Å². The Bertz CT molecular complexity index is 1230. The molecule has 0 radical (unpaired) electrons. The summed E-state index contributed by atoms with van der Waals surface area (Å²) in [5, 5.41) is 8.06. The maximum atomic E-state index is 13.4. The Morgan fingerprint density at radius 2 is 1.73 bits per heavy atom. The van der Waals surface area contributed by atoms with Gasteiger partial charge >= 0.3 is 6.03 Å². The second-order valence-electron chi connectivity index (χ2n) is 7.99. The highest BCUT2D eigenvalue weighted by Gasteiger charge is 2.33. The number of hydrogen-bond donors (Lipinski definition) is 1. The predicted molar refractivity (Wildman–Crippen MR) is 127 cm³/mol. The number of hydrogen-bond acceptors (Lipinski definition) is 5. The Morgan fingerprint density at radius 1 is 1.00 bits per heavy atom. The lowest BCUT2D eigenvalue weighted by molar-refractivity contribution is -0.130. The molecule has 3 aromatic carbocycles. The van der Waals surface area contributed by atoms with E-state index in [9.17, 15) is 14.4 Å². The van der Waals surface area contributed by atoms with Gasteiger partial charge in [0, 0.05) is 56.3 Å². The van der Waals surface area contributed by atoms with Crippen molar-refractivity contribution < 1.29 is 19.2 Å². The number of hydroxylamine groups is 2. The van der Waals surface area contributed by atoms with Gasteiger partial charge in [0.2, 0.25) is 0 Å². The van der Waals surface area contributed by atoms with Crippen molar-refractivity contribution in [3.05, 3.63) is 59.7 Å². The molecule has 0 atom stereocenters. The molecule has 1 N–H and O–H groups in total. The van der Waals surface area contributed by atoms with E-state index in [1.54, 1.807) is 23.1 Å². The van der Waals surface area contributed by atoms with Crippen LogP contribution in [0.2, 0.25) is 0 Å². The van der Waals surface area contributed by atoms with Gasteiger partial charge in [0.05, 0.1) is 7.11 Å². The fraction of sp³-hybridized carbons (Fsp3) is 0.320. The standard InChI is InChI=1S/C25H28N4O4/c1-4-27(2)25(32)26-12-13-28(33-3)14-15-29-23(30)20-11-7-10-19-18-9-6-5-8-17(18)16-21(22(19)20)24(29)31/h5-11,16H,4,12-15H2,1-3H3,(H,26,32). The van der Waals surface area contributed by atoms with Crippen molar-refractivity contribution in [2.45, 2.75) is 6.92 Å². The second-order valence-corrected chi connectivity index (χ2v) is 7.99. The average molecular weight is 449 g/mol. The summed E-state index contributed by atoms with van der Waals surface area (Å²) in [6.07, 6.45) is 0. The third-order valence-electron chi connectivity index (χ3n) is 6.13. The number of carbonyl (C=O) groups is 3. The number of nitrogens with one attached hydrogen (secondary N) is 1. The van der Waals surface area contributed by atoms with Crippen LogP contribution in [0.3, 0.4) is 0 Å². The number of fused-ring (bicyclic) bond motifs is 2. The van der Waals surface area contributed by atoms with Crippen LogP contribution < -0.4 is 5.32 Å². The van der Waals surface area contributed by atoms with Gasteiger partial charge in [-0.25, -0.2) is 4.79 Å². The third kappa shape index (κ3) is 4.27. The van der Waals surface area contributed by atoms with Crippen molar-refractivity contribution in [3.63, 3.8) is 0 Å². The molecular formula is C25H28N4O4. The van der Waals surface area contributed by atoms with Crippen LogP contribution in [-0.2, 0) is 4.84 Å². The molecular weight excluding hydrogens is 420 g/mol. The maximum absolute atomic E-state index is 13.4. The van der Waals surface area contributed by atoms with Crippen molar-refractivity contribution in [2.24, 2.45) is 0 Å². The molecule has 3 aromatic rings. The predicted octanol–water partition coefficient (Wildman–Crippen LogP) is 3.11. The number of rotatable bonds is 8. The molecule has 0 bridgehead atoms. The van der Waals surface area contributed by atoms with Crippen LogP contribution in [0.1, 0.15) is 27.6 Å². The normalized spacial score (nSPS) is 13.3. The van der Waals surface area contributed by atoms with Crippen molar-refractivity contribution in [3.8, 4) is 0 Å². The molecule has 0 unspecified atom stereocenters. The number of urea groups is 1. The number of benzene rings is 3. The molecule has 1 aliphatic heterocycles. The minimum atomic E-state index is -0.303. The fourth-order valence-corrected chi connectivity index (χ4v) is 4.17. The number of imide groups is 1. The quantitative estimate of drug-likeness (QED) is 0.325. The average Bonchev–Trinajstić information content (AvgIpc) is 2.85. The summed E-state index contributed by atoms with van der Waals surface area (Å²) in [4.78, 5) is 46.7. The molecule has 1 aliphatic rings. The topological polar surface area (TPSA) is 82.2 Å². The molecule has 8 nitrogen and oxygen atoms in total. The first-order valence-corrected chi connectivity index (χ1v) is 11.0. The summed E-state index contributed by atoms with van der Waals surface area (Å²) >= 11 is 0. The third-order valence-corrected chi connectivity index (χ3v) is 6.13. The lowest BCUT2D eigenvalue weighted by Crippen LogP contribution is -2.46. The van der Waals surface area contributed by atoms with Crippen LogP contribution in [-0.4, -0.2) is 79.6 Å². The summed E-state index contributed by atoms with van der Waals surface area (Å²) in [6.45, 7) is 3.82. The van der Waals surface area contributed by atoms with Crippen molar-refractivity contribution in [2.75, 3.05) is 46.9 Å². The monoisotopic (exact) mass is 448 g/mol. The maximum Gasteiger partial charge on any atom is 0.317 e. The van der Waals surface area contributed by atoms with Gasteiger partial charge < -0.3 is 15.1 Å². The van der Waals surface area contributed by atoms with E-state index < -0.39 is 0 Å². The van der Waals surface area contributed by atoms with E-state index in [1.807, 2.05) is 49.4 Å². The van der Waals surface area contributed by atoms with E-state index in [2.05, 4.69) is 5.32 Å².